The summed E-state index contributed by atoms with van der Waals surface area (Å²) in [6.07, 6.45) is 0. The zero-order valence-electron chi connectivity index (χ0n) is 7.77. The molecule has 0 heterocycles. The SMILES string of the molecule is CC(Cl)C(=O)OOCc1ccccc1. The van der Waals surface area contributed by atoms with Crippen molar-refractivity contribution in [2.45, 2.75) is 18.9 Å². The van der Waals surface area contributed by atoms with Gasteiger partial charge in [-0.1, -0.05) is 30.3 Å². The van der Waals surface area contributed by atoms with Crippen molar-refractivity contribution in [2.24, 2.45) is 0 Å². The van der Waals surface area contributed by atoms with Gasteiger partial charge in [-0.3, -0.25) is 4.89 Å². The third kappa shape index (κ3) is 3.77. The first-order chi connectivity index (χ1) is 6.70. The van der Waals surface area contributed by atoms with Crippen molar-refractivity contribution in [3.8, 4) is 0 Å². The Morgan fingerprint density at radius 2 is 2.07 bits per heavy atom. The van der Waals surface area contributed by atoms with Gasteiger partial charge in [0.2, 0.25) is 0 Å². The second-order valence-electron chi connectivity index (χ2n) is 2.77. The van der Waals surface area contributed by atoms with Crippen LogP contribution in [0.15, 0.2) is 30.3 Å². The molecule has 76 valence electrons. The summed E-state index contributed by atoms with van der Waals surface area (Å²) in [5.74, 6) is -0.581. The fraction of sp³-hybridized carbons (Fsp3) is 0.300. The highest BCUT2D eigenvalue weighted by atomic mass is 35.5. The molecule has 0 aliphatic carbocycles. The maximum atomic E-state index is 10.9. The number of rotatable bonds is 4. The molecule has 0 amide bonds. The average molecular weight is 215 g/mol. The molecule has 0 saturated heterocycles. The number of halogens is 1. The molecule has 0 spiro atoms. The van der Waals surface area contributed by atoms with Crippen molar-refractivity contribution >= 4 is 17.6 Å². The van der Waals surface area contributed by atoms with Crippen LogP contribution in [-0.4, -0.2) is 11.3 Å². The van der Waals surface area contributed by atoms with Crippen molar-refractivity contribution in [2.75, 3.05) is 0 Å². The first-order valence-corrected chi connectivity index (χ1v) is 4.65. The maximum absolute atomic E-state index is 10.9. The first kappa shape index (κ1) is 11.0. The molecule has 1 aromatic rings. The van der Waals surface area contributed by atoms with Crippen LogP contribution in [0, 0.1) is 0 Å². The minimum atomic E-state index is -0.689. The zero-order chi connectivity index (χ0) is 10.4. The Labute approximate surface area is 87.5 Å². The predicted octanol–water partition coefficient (Wildman–Crippen LogP) is 2.29. The largest absolute Gasteiger partial charge is 0.359 e. The van der Waals surface area contributed by atoms with Gasteiger partial charge in [0.15, 0.2) is 0 Å². The molecule has 0 aliphatic heterocycles. The molecule has 1 unspecified atom stereocenters. The Morgan fingerprint density at radius 3 is 2.64 bits per heavy atom. The van der Waals surface area contributed by atoms with E-state index in [0.717, 1.165) is 5.56 Å². The molecule has 0 bridgehead atoms. The highest BCUT2D eigenvalue weighted by Gasteiger charge is 2.11. The molecule has 0 radical (unpaired) electrons. The van der Waals surface area contributed by atoms with Crippen molar-refractivity contribution in [3.63, 3.8) is 0 Å². The molecule has 0 N–H and O–H groups in total. The van der Waals surface area contributed by atoms with E-state index in [4.69, 9.17) is 16.5 Å². The quantitative estimate of drug-likeness (QED) is 0.438. The van der Waals surface area contributed by atoms with Gasteiger partial charge in [0.1, 0.15) is 12.0 Å². The van der Waals surface area contributed by atoms with Crippen molar-refractivity contribution in [1.82, 2.24) is 0 Å². The summed E-state index contributed by atoms with van der Waals surface area (Å²) in [6, 6.07) is 9.40. The molecule has 0 fully saturated rings. The summed E-state index contributed by atoms with van der Waals surface area (Å²) >= 11 is 5.46. The molecule has 3 nitrogen and oxygen atoms in total. The number of carbonyl (C=O) groups excluding carboxylic acids is 1. The van der Waals surface area contributed by atoms with E-state index in [9.17, 15) is 4.79 Å². The van der Waals surface area contributed by atoms with Gasteiger partial charge in [0, 0.05) is 0 Å². The fourth-order valence-electron chi connectivity index (χ4n) is 0.796. The lowest BCUT2D eigenvalue weighted by atomic mass is 10.2. The van der Waals surface area contributed by atoms with Crippen LogP contribution in [0.25, 0.3) is 0 Å². The molecule has 0 saturated carbocycles. The molecule has 4 heteroatoms. The second kappa shape index (κ2) is 5.62. The van der Waals surface area contributed by atoms with Crippen LogP contribution in [0.2, 0.25) is 0 Å². The predicted molar refractivity (Wildman–Crippen MR) is 52.6 cm³/mol. The lowest BCUT2D eigenvalue weighted by Gasteiger charge is -2.04. The van der Waals surface area contributed by atoms with Gasteiger partial charge in [-0.05, 0) is 12.5 Å². The molecular formula is C10H11ClO3. The molecule has 1 atom stereocenters. The Balaban J connectivity index is 2.26. The molecule has 0 aromatic heterocycles. The average Bonchev–Trinajstić information content (AvgIpc) is 2.19. The van der Waals surface area contributed by atoms with Crippen molar-refractivity contribution in [1.29, 1.82) is 0 Å². The van der Waals surface area contributed by atoms with E-state index in [0.29, 0.717) is 0 Å². The van der Waals surface area contributed by atoms with Crippen molar-refractivity contribution < 1.29 is 14.6 Å². The van der Waals surface area contributed by atoms with E-state index >= 15 is 0 Å². The fourth-order valence-corrected chi connectivity index (χ4v) is 0.832. The third-order valence-electron chi connectivity index (χ3n) is 1.53. The smallest absolute Gasteiger partial charge is 0.296 e. The molecule has 0 aliphatic rings. The molecular weight excluding hydrogens is 204 g/mol. The van der Waals surface area contributed by atoms with Gasteiger partial charge in [-0.15, -0.1) is 11.6 Å². The van der Waals surface area contributed by atoms with E-state index in [2.05, 4.69) is 4.89 Å². The third-order valence-corrected chi connectivity index (χ3v) is 1.71. The van der Waals surface area contributed by atoms with E-state index in [1.165, 1.54) is 6.92 Å². The van der Waals surface area contributed by atoms with Crippen LogP contribution in [0.3, 0.4) is 0 Å². The van der Waals surface area contributed by atoms with Crippen LogP contribution in [0.1, 0.15) is 12.5 Å². The minimum absolute atomic E-state index is 0.232. The highest BCUT2D eigenvalue weighted by molar-refractivity contribution is 6.29. The number of hydrogen-bond donors (Lipinski definition) is 0. The molecule has 14 heavy (non-hydrogen) atoms. The number of alkyl halides is 1. The molecule has 1 rings (SSSR count). The maximum Gasteiger partial charge on any atom is 0.359 e. The van der Waals surface area contributed by atoms with E-state index in [-0.39, 0.29) is 6.61 Å². The Hall–Kier alpha value is -1.06. The van der Waals surface area contributed by atoms with Crippen LogP contribution < -0.4 is 0 Å². The Morgan fingerprint density at radius 1 is 1.43 bits per heavy atom. The van der Waals surface area contributed by atoms with E-state index < -0.39 is 11.3 Å². The number of benzene rings is 1. The molecule has 1 aromatic carbocycles. The van der Waals surface area contributed by atoms with Gasteiger partial charge >= 0.3 is 5.97 Å². The summed E-state index contributed by atoms with van der Waals surface area (Å²) in [6.45, 7) is 1.76. The normalized spacial score (nSPS) is 12.1. The number of hydrogen-bond acceptors (Lipinski definition) is 3. The zero-order valence-corrected chi connectivity index (χ0v) is 8.53. The standard InChI is InChI=1S/C10H11ClO3/c1-8(11)10(12)14-13-7-9-5-3-2-4-6-9/h2-6,8H,7H2,1H3. The summed E-state index contributed by atoms with van der Waals surface area (Å²) in [4.78, 5) is 20.0. The Kier molecular flexibility index (Phi) is 4.43. The van der Waals surface area contributed by atoms with Gasteiger partial charge in [0.05, 0.1) is 0 Å². The summed E-state index contributed by atoms with van der Waals surface area (Å²) in [7, 11) is 0. The van der Waals surface area contributed by atoms with Crippen molar-refractivity contribution in [3.05, 3.63) is 35.9 Å². The van der Waals surface area contributed by atoms with Gasteiger partial charge in [-0.25, -0.2) is 4.79 Å². The van der Waals surface area contributed by atoms with Gasteiger partial charge in [-0.2, -0.15) is 4.89 Å². The summed E-state index contributed by atoms with van der Waals surface area (Å²) < 4.78 is 0. The topological polar surface area (TPSA) is 35.5 Å². The lowest BCUT2D eigenvalue weighted by molar-refractivity contribution is -0.279. The highest BCUT2D eigenvalue weighted by Crippen LogP contribution is 2.03. The van der Waals surface area contributed by atoms with Gasteiger partial charge in [0.25, 0.3) is 0 Å². The summed E-state index contributed by atoms with van der Waals surface area (Å²) in [5.41, 5.74) is 0.933. The van der Waals surface area contributed by atoms with E-state index in [1.54, 1.807) is 0 Å². The van der Waals surface area contributed by atoms with Crippen LogP contribution in [0.4, 0.5) is 0 Å². The Bertz CT molecular complexity index is 285. The van der Waals surface area contributed by atoms with Crippen LogP contribution in [0.5, 0.6) is 0 Å². The van der Waals surface area contributed by atoms with Crippen LogP contribution >= 0.6 is 11.6 Å². The summed E-state index contributed by atoms with van der Waals surface area (Å²) in [5, 5.41) is -0.689. The lowest BCUT2D eigenvalue weighted by Crippen LogP contribution is -2.14. The monoisotopic (exact) mass is 214 g/mol. The second-order valence-corrected chi connectivity index (χ2v) is 3.42. The number of carbonyl (C=O) groups is 1. The minimum Gasteiger partial charge on any atom is -0.296 e. The van der Waals surface area contributed by atoms with E-state index in [1.807, 2.05) is 30.3 Å². The first-order valence-electron chi connectivity index (χ1n) is 4.21. The van der Waals surface area contributed by atoms with Gasteiger partial charge < -0.3 is 0 Å². The van der Waals surface area contributed by atoms with Crippen LogP contribution in [-0.2, 0) is 21.2 Å².